The molecule has 0 spiro atoms. The number of hydrogen-bond acceptors (Lipinski definition) is 3. The van der Waals surface area contributed by atoms with Gasteiger partial charge in [0.15, 0.2) is 0 Å². The lowest BCUT2D eigenvalue weighted by Gasteiger charge is -2.29. The van der Waals surface area contributed by atoms with Crippen LogP contribution in [0.15, 0.2) is 24.3 Å². The van der Waals surface area contributed by atoms with Gasteiger partial charge in [0, 0.05) is 6.04 Å². The van der Waals surface area contributed by atoms with Crippen molar-refractivity contribution in [1.82, 2.24) is 5.32 Å². The van der Waals surface area contributed by atoms with Crippen molar-refractivity contribution in [3.8, 4) is 5.75 Å². The molecule has 1 aromatic carbocycles. The highest BCUT2D eigenvalue weighted by molar-refractivity contribution is 5.26. The monoisotopic (exact) mass is 206 g/mol. The van der Waals surface area contributed by atoms with Crippen LogP contribution in [-0.2, 0) is 6.42 Å². The molecule has 2 unspecified atom stereocenters. The fourth-order valence-corrected chi connectivity index (χ4v) is 2.10. The summed E-state index contributed by atoms with van der Waals surface area (Å²) < 4.78 is 0. The van der Waals surface area contributed by atoms with Gasteiger partial charge in [0.1, 0.15) is 5.75 Å². The van der Waals surface area contributed by atoms with Crippen LogP contribution >= 0.6 is 0 Å². The average molecular weight is 206 g/mol. The third-order valence-corrected chi connectivity index (χ3v) is 3.10. The number of benzene rings is 1. The van der Waals surface area contributed by atoms with E-state index >= 15 is 0 Å². The molecule has 0 aliphatic carbocycles. The van der Waals surface area contributed by atoms with Gasteiger partial charge in [-0.05, 0) is 49.5 Å². The van der Waals surface area contributed by atoms with Crippen molar-refractivity contribution < 1.29 is 5.11 Å². The van der Waals surface area contributed by atoms with Gasteiger partial charge in [-0.25, -0.2) is 0 Å². The molecular formula is C12H18N2O. The molecule has 2 rings (SSSR count). The minimum absolute atomic E-state index is 0.306. The van der Waals surface area contributed by atoms with E-state index in [1.807, 2.05) is 12.1 Å². The number of piperidine rings is 1. The molecule has 0 amide bonds. The first-order valence-corrected chi connectivity index (χ1v) is 5.50. The van der Waals surface area contributed by atoms with E-state index in [9.17, 15) is 5.11 Å². The minimum atomic E-state index is 0.306. The normalized spacial score (nSPS) is 26.5. The average Bonchev–Trinajstić information content (AvgIpc) is 2.25. The fraction of sp³-hybridized carbons (Fsp3) is 0.500. The summed E-state index contributed by atoms with van der Waals surface area (Å²) in [5, 5.41) is 12.5. The highest BCUT2D eigenvalue weighted by Gasteiger charge is 2.21. The van der Waals surface area contributed by atoms with Crippen molar-refractivity contribution in [2.45, 2.75) is 18.9 Å². The maximum atomic E-state index is 9.18. The Morgan fingerprint density at radius 2 is 2.07 bits per heavy atom. The van der Waals surface area contributed by atoms with E-state index < -0.39 is 0 Å². The van der Waals surface area contributed by atoms with E-state index in [0.717, 1.165) is 25.9 Å². The second-order valence-electron chi connectivity index (χ2n) is 4.29. The van der Waals surface area contributed by atoms with Crippen LogP contribution in [0.2, 0.25) is 0 Å². The predicted octanol–water partition coefficient (Wildman–Crippen LogP) is 0.871. The highest BCUT2D eigenvalue weighted by Crippen LogP contribution is 2.17. The van der Waals surface area contributed by atoms with Crippen molar-refractivity contribution >= 4 is 0 Å². The first kappa shape index (κ1) is 10.5. The molecule has 3 heteroatoms. The van der Waals surface area contributed by atoms with E-state index in [2.05, 4.69) is 5.32 Å². The van der Waals surface area contributed by atoms with Crippen LogP contribution in [0.25, 0.3) is 0 Å². The number of rotatable bonds is 2. The summed E-state index contributed by atoms with van der Waals surface area (Å²) in [6.45, 7) is 2.04. The molecule has 1 aliphatic rings. The Bertz CT molecular complexity index is 310. The SMILES string of the molecule is NC1CCNCC1Cc1ccc(O)cc1. The van der Waals surface area contributed by atoms with E-state index in [-0.39, 0.29) is 0 Å². The molecule has 1 saturated heterocycles. The number of nitrogens with one attached hydrogen (secondary N) is 1. The topological polar surface area (TPSA) is 58.3 Å². The zero-order valence-electron chi connectivity index (χ0n) is 8.82. The molecule has 82 valence electrons. The number of phenolic OH excluding ortho intramolecular Hbond substituents is 1. The van der Waals surface area contributed by atoms with Crippen molar-refractivity contribution in [3.05, 3.63) is 29.8 Å². The number of hydrogen-bond donors (Lipinski definition) is 3. The van der Waals surface area contributed by atoms with E-state index in [1.54, 1.807) is 12.1 Å². The third-order valence-electron chi connectivity index (χ3n) is 3.10. The molecule has 2 atom stereocenters. The Labute approximate surface area is 90.3 Å². The largest absolute Gasteiger partial charge is 0.508 e. The highest BCUT2D eigenvalue weighted by atomic mass is 16.3. The maximum Gasteiger partial charge on any atom is 0.115 e. The molecule has 0 aromatic heterocycles. The van der Waals surface area contributed by atoms with Gasteiger partial charge in [0.05, 0.1) is 0 Å². The van der Waals surface area contributed by atoms with Gasteiger partial charge in [0.2, 0.25) is 0 Å². The smallest absolute Gasteiger partial charge is 0.115 e. The zero-order valence-corrected chi connectivity index (χ0v) is 8.82. The Balaban J connectivity index is 1.98. The molecule has 0 bridgehead atoms. The van der Waals surface area contributed by atoms with Gasteiger partial charge in [0.25, 0.3) is 0 Å². The lowest BCUT2D eigenvalue weighted by molar-refractivity contribution is 0.324. The molecule has 3 nitrogen and oxygen atoms in total. The van der Waals surface area contributed by atoms with Gasteiger partial charge in [-0.2, -0.15) is 0 Å². The summed E-state index contributed by atoms with van der Waals surface area (Å²) in [5.41, 5.74) is 7.31. The Hall–Kier alpha value is -1.06. The fourth-order valence-electron chi connectivity index (χ4n) is 2.10. The summed E-state index contributed by atoms with van der Waals surface area (Å²) in [5.74, 6) is 0.841. The molecule has 1 aliphatic heterocycles. The van der Waals surface area contributed by atoms with Crippen LogP contribution in [0, 0.1) is 5.92 Å². The molecule has 0 radical (unpaired) electrons. The van der Waals surface area contributed by atoms with E-state index in [0.29, 0.717) is 17.7 Å². The third kappa shape index (κ3) is 2.70. The number of aromatic hydroxyl groups is 1. The molecule has 15 heavy (non-hydrogen) atoms. The van der Waals surface area contributed by atoms with Crippen LogP contribution in [0.1, 0.15) is 12.0 Å². The maximum absolute atomic E-state index is 9.18. The predicted molar refractivity (Wildman–Crippen MR) is 60.8 cm³/mol. The van der Waals surface area contributed by atoms with Crippen molar-refractivity contribution in [3.63, 3.8) is 0 Å². The molecule has 0 saturated carbocycles. The first-order valence-electron chi connectivity index (χ1n) is 5.50. The summed E-state index contributed by atoms with van der Waals surface area (Å²) in [6, 6.07) is 7.71. The van der Waals surface area contributed by atoms with Crippen LogP contribution < -0.4 is 11.1 Å². The van der Waals surface area contributed by atoms with E-state index in [1.165, 1.54) is 5.56 Å². The Morgan fingerprint density at radius 3 is 2.73 bits per heavy atom. The standard InChI is InChI=1S/C12H18N2O/c13-12-5-6-14-8-10(12)7-9-1-3-11(15)4-2-9/h1-4,10,12,14-15H,5-8,13H2. The molecule has 4 N–H and O–H groups in total. The lowest BCUT2D eigenvalue weighted by atomic mass is 9.88. The second kappa shape index (κ2) is 4.64. The van der Waals surface area contributed by atoms with Crippen LogP contribution in [0.5, 0.6) is 5.75 Å². The summed E-state index contributed by atoms with van der Waals surface area (Å²) in [6.07, 6.45) is 2.05. The molecule has 1 aromatic rings. The van der Waals surface area contributed by atoms with Crippen molar-refractivity contribution in [1.29, 1.82) is 0 Å². The Morgan fingerprint density at radius 1 is 1.33 bits per heavy atom. The number of nitrogens with two attached hydrogens (primary N) is 1. The summed E-state index contributed by atoms with van der Waals surface area (Å²) in [4.78, 5) is 0. The molecule has 1 fully saturated rings. The van der Waals surface area contributed by atoms with Crippen molar-refractivity contribution in [2.24, 2.45) is 11.7 Å². The first-order chi connectivity index (χ1) is 7.25. The summed E-state index contributed by atoms with van der Waals surface area (Å²) >= 11 is 0. The minimum Gasteiger partial charge on any atom is -0.508 e. The summed E-state index contributed by atoms with van der Waals surface area (Å²) in [7, 11) is 0. The van der Waals surface area contributed by atoms with Gasteiger partial charge in [-0.15, -0.1) is 0 Å². The lowest BCUT2D eigenvalue weighted by Crippen LogP contribution is -2.45. The molecular weight excluding hydrogens is 188 g/mol. The van der Waals surface area contributed by atoms with Crippen LogP contribution in [-0.4, -0.2) is 24.2 Å². The van der Waals surface area contributed by atoms with Gasteiger partial charge in [-0.3, -0.25) is 0 Å². The quantitative estimate of drug-likeness (QED) is 0.673. The van der Waals surface area contributed by atoms with Crippen LogP contribution in [0.3, 0.4) is 0 Å². The number of phenols is 1. The van der Waals surface area contributed by atoms with Gasteiger partial charge >= 0.3 is 0 Å². The Kier molecular flexibility index (Phi) is 3.23. The van der Waals surface area contributed by atoms with Crippen molar-refractivity contribution in [2.75, 3.05) is 13.1 Å². The zero-order chi connectivity index (χ0) is 10.7. The van der Waals surface area contributed by atoms with Gasteiger partial charge in [-0.1, -0.05) is 12.1 Å². The van der Waals surface area contributed by atoms with E-state index in [4.69, 9.17) is 5.73 Å². The molecule has 1 heterocycles. The van der Waals surface area contributed by atoms with Gasteiger partial charge < -0.3 is 16.2 Å². The van der Waals surface area contributed by atoms with Crippen LogP contribution in [0.4, 0.5) is 0 Å². The second-order valence-corrected chi connectivity index (χ2v) is 4.29.